The van der Waals surface area contributed by atoms with Crippen molar-refractivity contribution in [3.05, 3.63) is 18.0 Å². The quantitative estimate of drug-likeness (QED) is 0.351. The number of hydrogen-bond donors (Lipinski definition) is 1. The smallest absolute Gasteiger partial charge is 0.220 e. The molecule has 2 aliphatic heterocycles. The van der Waals surface area contributed by atoms with E-state index in [1.807, 2.05) is 0 Å². The number of sulfonamides is 1. The molecule has 2 fully saturated rings. The second-order valence-corrected chi connectivity index (χ2v) is 9.93. The summed E-state index contributed by atoms with van der Waals surface area (Å²) in [7, 11) is 0.580. The van der Waals surface area contributed by atoms with Gasteiger partial charge in [0.1, 0.15) is 12.0 Å². The van der Waals surface area contributed by atoms with Crippen molar-refractivity contribution in [2.45, 2.75) is 18.6 Å². The van der Waals surface area contributed by atoms with E-state index in [0.29, 0.717) is 31.9 Å². The maximum absolute atomic E-state index is 12.6. The fourth-order valence-corrected chi connectivity index (χ4v) is 5.35. The van der Waals surface area contributed by atoms with Gasteiger partial charge in [0.15, 0.2) is 5.96 Å². The van der Waals surface area contributed by atoms with E-state index in [1.165, 1.54) is 30.1 Å². The lowest BCUT2D eigenvalue weighted by Gasteiger charge is -2.35. The Balaban J connectivity index is 1.38. The van der Waals surface area contributed by atoms with Crippen molar-refractivity contribution in [2.75, 3.05) is 79.5 Å². The van der Waals surface area contributed by atoms with Crippen LogP contribution >= 0.6 is 0 Å². The molecule has 3 heterocycles. The van der Waals surface area contributed by atoms with Crippen LogP contribution in [-0.2, 0) is 15.8 Å². The number of hydrogen-bond acceptors (Lipinski definition) is 7. The van der Waals surface area contributed by atoms with E-state index in [4.69, 9.17) is 4.52 Å². The van der Waals surface area contributed by atoms with E-state index >= 15 is 0 Å². The fraction of sp³-hybridized carbons (Fsp3) is 0.789. The van der Waals surface area contributed by atoms with Gasteiger partial charge in [0, 0.05) is 58.9 Å². The number of nitrogens with zero attached hydrogens (tertiary/aromatic N) is 6. The normalized spacial score (nSPS) is 21.0. The molecule has 1 aromatic rings. The van der Waals surface area contributed by atoms with Crippen molar-refractivity contribution in [3.8, 4) is 0 Å². The third kappa shape index (κ3) is 6.66. The first-order valence-electron chi connectivity index (χ1n) is 10.7. The minimum atomic E-state index is -3.39. The van der Waals surface area contributed by atoms with E-state index in [-0.39, 0.29) is 5.75 Å². The number of piperazine rings is 1. The molecule has 2 aliphatic rings. The van der Waals surface area contributed by atoms with Crippen molar-refractivity contribution in [3.63, 3.8) is 0 Å². The molecule has 0 unspecified atom stereocenters. The lowest BCUT2D eigenvalue weighted by Crippen LogP contribution is -2.54. The van der Waals surface area contributed by atoms with E-state index in [0.717, 1.165) is 38.6 Å². The second kappa shape index (κ2) is 11.1. The highest BCUT2D eigenvalue weighted by atomic mass is 32.2. The molecule has 11 heteroatoms. The first kappa shape index (κ1) is 23.0. The maximum Gasteiger partial charge on any atom is 0.220 e. The minimum absolute atomic E-state index is 0.122. The monoisotopic (exact) mass is 441 g/mol. The van der Waals surface area contributed by atoms with Crippen LogP contribution < -0.4 is 5.32 Å². The van der Waals surface area contributed by atoms with E-state index in [9.17, 15) is 8.42 Å². The summed E-state index contributed by atoms with van der Waals surface area (Å²) in [5, 5.41) is 7.15. The fourth-order valence-electron chi connectivity index (χ4n) is 3.93. The highest BCUT2D eigenvalue weighted by Gasteiger charge is 2.28. The maximum atomic E-state index is 12.6. The Bertz CT molecular complexity index is 761. The van der Waals surface area contributed by atoms with Crippen LogP contribution in [0.2, 0.25) is 0 Å². The van der Waals surface area contributed by atoms with Crippen molar-refractivity contribution >= 4 is 16.0 Å². The predicted molar refractivity (Wildman–Crippen MR) is 117 cm³/mol. The molecule has 0 bridgehead atoms. The van der Waals surface area contributed by atoms with Gasteiger partial charge in [0.05, 0.1) is 5.69 Å². The Kier molecular flexibility index (Phi) is 8.49. The number of likely N-dealkylation sites (N-methyl/N-ethyl adjacent to an activating group) is 1. The van der Waals surface area contributed by atoms with Crippen molar-refractivity contribution in [1.29, 1.82) is 0 Å². The average molecular weight is 442 g/mol. The molecule has 0 aliphatic carbocycles. The molecule has 10 nitrogen and oxygen atoms in total. The zero-order valence-corrected chi connectivity index (χ0v) is 19.0. The summed E-state index contributed by atoms with van der Waals surface area (Å²) in [6.07, 6.45) is 3.69. The topological polar surface area (TPSA) is 97.5 Å². The van der Waals surface area contributed by atoms with Crippen molar-refractivity contribution in [2.24, 2.45) is 4.99 Å². The summed E-state index contributed by atoms with van der Waals surface area (Å²) in [6, 6.07) is 1.59. The molecular weight excluding hydrogens is 406 g/mol. The molecule has 1 N–H and O–H groups in total. The molecule has 1 aromatic heterocycles. The Hall–Kier alpha value is -1.69. The van der Waals surface area contributed by atoms with Gasteiger partial charge in [-0.15, -0.1) is 0 Å². The van der Waals surface area contributed by atoms with Gasteiger partial charge in [0.2, 0.25) is 10.0 Å². The molecule has 0 atom stereocenters. The van der Waals surface area contributed by atoms with Crippen LogP contribution in [0, 0.1) is 0 Å². The van der Waals surface area contributed by atoms with Gasteiger partial charge in [-0.1, -0.05) is 5.16 Å². The molecule has 3 rings (SSSR count). The van der Waals surface area contributed by atoms with Crippen LogP contribution in [0.5, 0.6) is 0 Å². The zero-order valence-electron chi connectivity index (χ0n) is 18.2. The van der Waals surface area contributed by atoms with Crippen LogP contribution in [0.3, 0.4) is 0 Å². The van der Waals surface area contributed by atoms with Gasteiger partial charge in [-0.05, 0) is 39.5 Å². The summed E-state index contributed by atoms with van der Waals surface area (Å²) in [5.41, 5.74) is 0.436. The van der Waals surface area contributed by atoms with Crippen molar-refractivity contribution < 1.29 is 12.9 Å². The molecule has 0 radical (unpaired) electrons. The lowest BCUT2D eigenvalue weighted by atomic mass is 10.3. The number of nitrogens with one attached hydrogen (secondary N) is 1. The molecule has 0 aromatic carbocycles. The molecular formula is C19H35N7O3S. The summed E-state index contributed by atoms with van der Waals surface area (Å²) in [5.74, 6) is 0.724. The summed E-state index contributed by atoms with van der Waals surface area (Å²) in [4.78, 5) is 11.4. The first-order valence-corrected chi connectivity index (χ1v) is 12.3. The summed E-state index contributed by atoms with van der Waals surface area (Å²) >= 11 is 0. The van der Waals surface area contributed by atoms with Crippen LogP contribution in [0.1, 0.15) is 18.5 Å². The van der Waals surface area contributed by atoms with E-state index in [2.05, 4.69) is 37.2 Å². The summed E-state index contributed by atoms with van der Waals surface area (Å²) < 4.78 is 31.4. The minimum Gasteiger partial charge on any atom is -0.364 e. The highest BCUT2D eigenvalue weighted by molar-refractivity contribution is 7.88. The molecule has 2 saturated heterocycles. The molecule has 170 valence electrons. The average Bonchev–Trinajstić information content (AvgIpc) is 3.15. The molecule has 30 heavy (non-hydrogen) atoms. The Morgan fingerprint density at radius 3 is 2.67 bits per heavy atom. The largest absolute Gasteiger partial charge is 0.364 e. The number of rotatable bonds is 7. The Morgan fingerprint density at radius 1 is 1.17 bits per heavy atom. The SMILES string of the molecule is CN=C(NCCCN1CCCN(C)CC1)N1CCN(S(=O)(=O)Cc2ccon2)CC1. The molecule has 0 amide bonds. The van der Waals surface area contributed by atoms with Crippen LogP contribution in [0.15, 0.2) is 21.8 Å². The van der Waals surface area contributed by atoms with Gasteiger partial charge < -0.3 is 24.5 Å². The first-order chi connectivity index (χ1) is 14.5. The van der Waals surface area contributed by atoms with E-state index < -0.39 is 10.0 Å². The summed E-state index contributed by atoms with van der Waals surface area (Å²) in [6.45, 7) is 8.72. The number of aliphatic imine (C=N–C) groups is 1. The van der Waals surface area contributed by atoms with E-state index in [1.54, 1.807) is 13.1 Å². The van der Waals surface area contributed by atoms with Crippen LogP contribution in [-0.4, -0.2) is 118 Å². The third-order valence-corrected chi connectivity index (χ3v) is 7.52. The van der Waals surface area contributed by atoms with Gasteiger partial charge >= 0.3 is 0 Å². The van der Waals surface area contributed by atoms with Crippen molar-refractivity contribution in [1.82, 2.24) is 29.5 Å². The zero-order chi connectivity index (χ0) is 21.4. The molecule has 0 saturated carbocycles. The van der Waals surface area contributed by atoms with Gasteiger partial charge in [-0.3, -0.25) is 4.99 Å². The van der Waals surface area contributed by atoms with Gasteiger partial charge in [-0.2, -0.15) is 4.31 Å². The van der Waals surface area contributed by atoms with Gasteiger partial charge in [0.25, 0.3) is 0 Å². The lowest BCUT2D eigenvalue weighted by molar-refractivity contribution is 0.257. The Labute approximate surface area is 179 Å². The predicted octanol–water partition coefficient (Wildman–Crippen LogP) is -0.275. The highest BCUT2D eigenvalue weighted by Crippen LogP contribution is 2.13. The third-order valence-electron chi connectivity index (χ3n) is 5.71. The van der Waals surface area contributed by atoms with Crippen LogP contribution in [0.25, 0.3) is 0 Å². The number of guanidine groups is 1. The molecule has 0 spiro atoms. The Morgan fingerprint density at radius 2 is 1.97 bits per heavy atom. The second-order valence-electron chi connectivity index (χ2n) is 7.96. The van der Waals surface area contributed by atoms with Crippen LogP contribution in [0.4, 0.5) is 0 Å². The number of aromatic nitrogens is 1. The van der Waals surface area contributed by atoms with Gasteiger partial charge in [-0.25, -0.2) is 8.42 Å². The standard InChI is InChI=1S/C19H35N7O3S/c1-20-19(21-6-3-8-24-9-4-7-23(2)10-11-24)25-12-14-26(15-13-25)30(27,28)17-18-5-16-29-22-18/h5,16H,3-4,6-15,17H2,1-2H3,(H,20,21).